The first kappa shape index (κ1) is 22.1. The molecule has 0 aliphatic heterocycles. The van der Waals surface area contributed by atoms with Gasteiger partial charge in [0.15, 0.2) is 0 Å². The van der Waals surface area contributed by atoms with Gasteiger partial charge in [-0.05, 0) is 92.0 Å². The van der Waals surface area contributed by atoms with Gasteiger partial charge in [0.25, 0.3) is 0 Å². The molecule has 0 aromatic carbocycles. The van der Waals surface area contributed by atoms with Crippen LogP contribution in [0.25, 0.3) is 0 Å². The Balaban J connectivity index is 1.53. The zero-order valence-electron chi connectivity index (χ0n) is 17.3. The highest BCUT2D eigenvalue weighted by molar-refractivity contribution is 7.12. The van der Waals surface area contributed by atoms with E-state index in [0.29, 0.717) is 17.2 Å². The third kappa shape index (κ3) is 4.92. The summed E-state index contributed by atoms with van der Waals surface area (Å²) in [6.45, 7) is 2.17. The van der Waals surface area contributed by atoms with Crippen LogP contribution in [-0.4, -0.2) is 22.3 Å². The van der Waals surface area contributed by atoms with Crippen molar-refractivity contribution in [2.45, 2.75) is 77.2 Å². The minimum atomic E-state index is -0.837. The Morgan fingerprint density at radius 1 is 1.45 bits per heavy atom. The molecule has 1 heterocycles. The summed E-state index contributed by atoms with van der Waals surface area (Å²) >= 11 is 1.29. The van der Waals surface area contributed by atoms with Gasteiger partial charge in [0, 0.05) is 0 Å². The number of nitriles is 1. The van der Waals surface area contributed by atoms with Gasteiger partial charge in [-0.25, -0.2) is 4.79 Å². The number of carboxylic acids is 1. The second-order valence-electron chi connectivity index (χ2n) is 8.87. The molecule has 0 radical (unpaired) electrons. The largest absolute Gasteiger partial charge is 0.477 e. The SMILES string of the molecule is CCC1(C(O)CC=C[C@@H]2[C@@H](CCCc3ccsc3C(=O)O)CC[C@H]2C#N)CCC1. The predicted molar refractivity (Wildman–Crippen MR) is 116 cm³/mol. The lowest BCUT2D eigenvalue weighted by Crippen LogP contribution is -2.40. The second kappa shape index (κ2) is 9.91. The van der Waals surface area contributed by atoms with Crippen LogP contribution in [0.5, 0.6) is 0 Å². The summed E-state index contributed by atoms with van der Waals surface area (Å²) in [4.78, 5) is 11.7. The Morgan fingerprint density at radius 3 is 2.86 bits per heavy atom. The van der Waals surface area contributed by atoms with Crippen LogP contribution in [0.4, 0.5) is 0 Å². The Kier molecular flexibility index (Phi) is 7.54. The third-order valence-corrected chi connectivity index (χ3v) is 8.41. The zero-order chi connectivity index (χ0) is 20.9. The highest BCUT2D eigenvalue weighted by atomic mass is 32.1. The van der Waals surface area contributed by atoms with Crippen molar-refractivity contribution in [2.75, 3.05) is 0 Å². The van der Waals surface area contributed by atoms with Gasteiger partial charge in [-0.2, -0.15) is 5.26 Å². The van der Waals surface area contributed by atoms with Crippen LogP contribution in [0.2, 0.25) is 0 Å². The van der Waals surface area contributed by atoms with Crippen molar-refractivity contribution in [3.05, 3.63) is 34.0 Å². The van der Waals surface area contributed by atoms with E-state index in [2.05, 4.69) is 25.1 Å². The lowest BCUT2D eigenvalue weighted by atomic mass is 9.63. The number of rotatable bonds is 10. The number of aliphatic hydroxyl groups excluding tert-OH is 1. The second-order valence-corrected chi connectivity index (χ2v) is 9.79. The number of aromatic carboxylic acids is 1. The molecule has 2 aliphatic rings. The normalized spacial score (nSPS) is 26.9. The van der Waals surface area contributed by atoms with Crippen molar-refractivity contribution < 1.29 is 15.0 Å². The van der Waals surface area contributed by atoms with Crippen molar-refractivity contribution in [2.24, 2.45) is 23.2 Å². The van der Waals surface area contributed by atoms with Gasteiger partial charge in [0.1, 0.15) is 4.88 Å². The number of aryl methyl sites for hydroxylation is 1. The monoisotopic (exact) mass is 415 g/mol. The first-order valence-electron chi connectivity index (χ1n) is 11.0. The average molecular weight is 416 g/mol. The van der Waals surface area contributed by atoms with Crippen molar-refractivity contribution in [1.82, 2.24) is 0 Å². The molecule has 0 spiro atoms. The number of hydrogen-bond acceptors (Lipinski definition) is 4. The fraction of sp³-hybridized carbons (Fsp3) is 0.667. The Bertz CT molecular complexity index is 753. The van der Waals surface area contributed by atoms with Gasteiger partial charge in [0.2, 0.25) is 0 Å². The predicted octanol–water partition coefficient (Wildman–Crippen LogP) is 5.82. The molecule has 5 heteroatoms. The smallest absolute Gasteiger partial charge is 0.346 e. The molecule has 1 unspecified atom stereocenters. The molecule has 0 amide bonds. The molecule has 4 atom stereocenters. The van der Waals surface area contributed by atoms with E-state index in [4.69, 9.17) is 0 Å². The van der Waals surface area contributed by atoms with E-state index >= 15 is 0 Å². The molecule has 1 aromatic heterocycles. The lowest BCUT2D eigenvalue weighted by Gasteiger charge is -2.45. The van der Waals surface area contributed by atoms with Crippen molar-refractivity contribution in [3.8, 4) is 6.07 Å². The average Bonchev–Trinajstić information content (AvgIpc) is 3.28. The van der Waals surface area contributed by atoms with E-state index in [1.165, 1.54) is 17.8 Å². The maximum Gasteiger partial charge on any atom is 0.346 e. The van der Waals surface area contributed by atoms with Gasteiger partial charge >= 0.3 is 5.97 Å². The van der Waals surface area contributed by atoms with E-state index in [1.54, 1.807) is 0 Å². The van der Waals surface area contributed by atoms with Crippen LogP contribution in [0, 0.1) is 34.5 Å². The Hall–Kier alpha value is -1.64. The highest BCUT2D eigenvalue weighted by Crippen LogP contribution is 2.48. The quantitative estimate of drug-likeness (QED) is 0.472. The summed E-state index contributed by atoms with van der Waals surface area (Å²) in [5.41, 5.74) is 1.05. The van der Waals surface area contributed by atoms with Crippen molar-refractivity contribution in [3.63, 3.8) is 0 Å². The van der Waals surface area contributed by atoms with E-state index in [1.807, 2.05) is 11.4 Å². The van der Waals surface area contributed by atoms with Gasteiger partial charge in [-0.1, -0.05) is 25.5 Å². The number of aliphatic hydroxyl groups is 1. The maximum atomic E-state index is 11.3. The number of allylic oxidation sites excluding steroid dienone is 1. The summed E-state index contributed by atoms with van der Waals surface area (Å²) < 4.78 is 0. The fourth-order valence-corrected chi connectivity index (χ4v) is 6.12. The number of carbonyl (C=O) groups is 1. The number of hydrogen-bond donors (Lipinski definition) is 2. The summed E-state index contributed by atoms with van der Waals surface area (Å²) in [7, 11) is 0. The minimum Gasteiger partial charge on any atom is -0.477 e. The molecule has 2 aliphatic carbocycles. The van der Waals surface area contributed by atoms with Crippen LogP contribution >= 0.6 is 11.3 Å². The summed E-state index contributed by atoms with van der Waals surface area (Å²) in [6.07, 6.45) is 14.0. The zero-order valence-corrected chi connectivity index (χ0v) is 18.2. The topological polar surface area (TPSA) is 81.3 Å². The van der Waals surface area contributed by atoms with E-state index in [-0.39, 0.29) is 23.4 Å². The van der Waals surface area contributed by atoms with Gasteiger partial charge in [0.05, 0.1) is 18.1 Å². The molecule has 2 N–H and O–H groups in total. The summed E-state index contributed by atoms with van der Waals surface area (Å²) in [6, 6.07) is 4.40. The molecule has 1 aromatic rings. The van der Waals surface area contributed by atoms with Gasteiger partial charge < -0.3 is 10.2 Å². The fourth-order valence-electron chi connectivity index (χ4n) is 5.33. The first-order valence-corrected chi connectivity index (χ1v) is 11.9. The van der Waals surface area contributed by atoms with Crippen LogP contribution in [0.15, 0.2) is 23.6 Å². The van der Waals surface area contributed by atoms with Gasteiger partial charge in [-0.15, -0.1) is 11.3 Å². The standard InChI is InChI=1S/C24H33NO3S/c1-2-24(13-5-14-24)21(26)9-4-8-20-17(10-11-19(20)16-25)6-3-7-18-12-15-29-22(18)23(27)28/h4,8,12,15,17,19-21,26H,2-3,5-7,9-11,13-14H2,1H3,(H,27,28)/t17-,19-,20+,21?/m0/s1. The van der Waals surface area contributed by atoms with E-state index in [0.717, 1.165) is 56.9 Å². The molecule has 4 nitrogen and oxygen atoms in total. The number of nitrogens with zero attached hydrogens (tertiary/aromatic N) is 1. The van der Waals surface area contributed by atoms with Crippen molar-refractivity contribution in [1.29, 1.82) is 5.26 Å². The molecular formula is C24H33NO3S. The number of carboxylic acid groups (broad SMARTS) is 1. The van der Waals surface area contributed by atoms with Crippen LogP contribution in [-0.2, 0) is 6.42 Å². The van der Waals surface area contributed by atoms with Crippen molar-refractivity contribution >= 4 is 17.3 Å². The summed E-state index contributed by atoms with van der Waals surface area (Å²) in [5, 5.41) is 31.3. The number of thiophene rings is 1. The van der Waals surface area contributed by atoms with Crippen LogP contribution < -0.4 is 0 Å². The maximum absolute atomic E-state index is 11.3. The molecule has 158 valence electrons. The molecule has 0 bridgehead atoms. The van der Waals surface area contributed by atoms with Crippen LogP contribution in [0.1, 0.15) is 79.9 Å². The third-order valence-electron chi connectivity index (χ3n) is 7.46. The Labute approximate surface area is 178 Å². The van der Waals surface area contributed by atoms with E-state index in [9.17, 15) is 20.3 Å². The highest BCUT2D eigenvalue weighted by Gasteiger charge is 2.41. The molecular weight excluding hydrogens is 382 g/mol. The molecule has 2 fully saturated rings. The lowest BCUT2D eigenvalue weighted by molar-refractivity contribution is -0.0355. The summed E-state index contributed by atoms with van der Waals surface area (Å²) in [5.74, 6) is -0.0413. The molecule has 2 saturated carbocycles. The molecule has 29 heavy (non-hydrogen) atoms. The molecule has 3 rings (SSSR count). The first-order chi connectivity index (χ1) is 14.0. The Morgan fingerprint density at radius 2 is 2.24 bits per heavy atom. The van der Waals surface area contributed by atoms with E-state index < -0.39 is 5.97 Å². The molecule has 0 saturated heterocycles. The van der Waals surface area contributed by atoms with Crippen LogP contribution in [0.3, 0.4) is 0 Å². The van der Waals surface area contributed by atoms with Gasteiger partial charge in [-0.3, -0.25) is 0 Å². The minimum absolute atomic E-state index is 0.0629.